The van der Waals surface area contributed by atoms with Crippen LogP contribution in [-0.4, -0.2) is 37.4 Å². The number of carbonyl (C=O) groups excluding carboxylic acids is 1. The minimum atomic E-state index is -1.15. The second-order valence-electron chi connectivity index (χ2n) is 5.41. The van der Waals surface area contributed by atoms with E-state index in [-0.39, 0.29) is 6.54 Å². The fourth-order valence-electron chi connectivity index (χ4n) is 2.63. The molecule has 0 aromatic carbocycles. The lowest BCUT2D eigenvalue weighted by Gasteiger charge is -2.29. The summed E-state index contributed by atoms with van der Waals surface area (Å²) >= 11 is 0. The molecule has 1 fully saturated rings. The first-order valence-corrected chi connectivity index (χ1v) is 7.16. The van der Waals surface area contributed by atoms with Crippen molar-refractivity contribution in [1.29, 1.82) is 0 Å². The van der Waals surface area contributed by atoms with Crippen molar-refractivity contribution in [2.45, 2.75) is 50.6 Å². The zero-order valence-electron chi connectivity index (χ0n) is 12.1. The van der Waals surface area contributed by atoms with Gasteiger partial charge in [0.15, 0.2) is 0 Å². The molecule has 1 aliphatic rings. The first-order valence-electron chi connectivity index (χ1n) is 7.16. The van der Waals surface area contributed by atoms with E-state index in [9.17, 15) is 14.7 Å². The van der Waals surface area contributed by atoms with Crippen molar-refractivity contribution in [3.63, 3.8) is 0 Å². The standard InChI is InChI=1S/C13H21N5O3/c1-18-10(15-9-16-18)8-14-12(21)17-13(11(19)20)6-4-2-3-5-7-13/h9H,2-8H2,1H3,(H,19,20)(H2,14,17,21). The summed E-state index contributed by atoms with van der Waals surface area (Å²) in [6.45, 7) is 0.206. The molecule has 2 amide bonds. The van der Waals surface area contributed by atoms with Gasteiger partial charge in [-0.3, -0.25) is 4.68 Å². The Bertz CT molecular complexity index is 506. The van der Waals surface area contributed by atoms with Crippen LogP contribution in [0.25, 0.3) is 0 Å². The van der Waals surface area contributed by atoms with Crippen molar-refractivity contribution in [3.05, 3.63) is 12.2 Å². The van der Waals surface area contributed by atoms with Gasteiger partial charge >= 0.3 is 12.0 Å². The Kier molecular flexibility index (Phi) is 4.77. The maximum absolute atomic E-state index is 12.0. The van der Waals surface area contributed by atoms with Crippen molar-refractivity contribution >= 4 is 12.0 Å². The van der Waals surface area contributed by atoms with Crippen LogP contribution in [0.1, 0.15) is 44.3 Å². The van der Waals surface area contributed by atoms with Gasteiger partial charge in [-0.15, -0.1) is 0 Å². The van der Waals surface area contributed by atoms with Gasteiger partial charge in [0, 0.05) is 7.05 Å². The predicted octanol–water partition coefficient (Wildman–Crippen LogP) is 0.792. The first kappa shape index (κ1) is 15.3. The molecular weight excluding hydrogens is 274 g/mol. The molecule has 0 bridgehead atoms. The maximum Gasteiger partial charge on any atom is 0.329 e. The number of carbonyl (C=O) groups is 2. The van der Waals surface area contributed by atoms with Gasteiger partial charge in [-0.05, 0) is 12.8 Å². The number of aryl methyl sites for hydroxylation is 1. The number of aliphatic carboxylic acids is 1. The molecule has 3 N–H and O–H groups in total. The molecule has 0 aliphatic heterocycles. The molecule has 0 spiro atoms. The van der Waals surface area contributed by atoms with E-state index in [0.29, 0.717) is 18.7 Å². The van der Waals surface area contributed by atoms with Gasteiger partial charge in [0.2, 0.25) is 0 Å². The van der Waals surface area contributed by atoms with E-state index in [2.05, 4.69) is 20.7 Å². The van der Waals surface area contributed by atoms with Crippen molar-refractivity contribution in [2.24, 2.45) is 7.05 Å². The minimum Gasteiger partial charge on any atom is -0.480 e. The highest BCUT2D eigenvalue weighted by Gasteiger charge is 2.40. The number of carboxylic acid groups (broad SMARTS) is 1. The predicted molar refractivity (Wildman–Crippen MR) is 74.4 cm³/mol. The van der Waals surface area contributed by atoms with Gasteiger partial charge in [-0.2, -0.15) is 5.10 Å². The normalized spacial score (nSPS) is 17.8. The average molecular weight is 295 g/mol. The van der Waals surface area contributed by atoms with E-state index >= 15 is 0 Å². The Morgan fingerprint density at radius 3 is 2.52 bits per heavy atom. The lowest BCUT2D eigenvalue weighted by molar-refractivity contribution is -0.145. The molecule has 0 atom stereocenters. The monoisotopic (exact) mass is 295 g/mol. The van der Waals surface area contributed by atoms with E-state index < -0.39 is 17.5 Å². The largest absolute Gasteiger partial charge is 0.480 e. The number of rotatable bonds is 4. The Hall–Kier alpha value is -2.12. The quantitative estimate of drug-likeness (QED) is 0.712. The summed E-state index contributed by atoms with van der Waals surface area (Å²) in [5.41, 5.74) is -1.15. The second-order valence-corrected chi connectivity index (χ2v) is 5.41. The van der Waals surface area contributed by atoms with Crippen LogP contribution >= 0.6 is 0 Å². The smallest absolute Gasteiger partial charge is 0.329 e. The van der Waals surface area contributed by atoms with Gasteiger partial charge in [0.05, 0.1) is 6.54 Å². The van der Waals surface area contributed by atoms with E-state index in [0.717, 1.165) is 25.7 Å². The number of aromatic nitrogens is 3. The van der Waals surface area contributed by atoms with Crippen LogP contribution in [0, 0.1) is 0 Å². The number of amides is 2. The van der Waals surface area contributed by atoms with E-state index in [4.69, 9.17) is 0 Å². The van der Waals surface area contributed by atoms with Crippen LogP contribution in [0.2, 0.25) is 0 Å². The van der Waals surface area contributed by atoms with Crippen molar-refractivity contribution in [2.75, 3.05) is 0 Å². The molecule has 1 saturated carbocycles. The zero-order chi connectivity index (χ0) is 15.3. The lowest BCUT2D eigenvalue weighted by Crippen LogP contribution is -2.56. The molecule has 0 radical (unpaired) electrons. The van der Waals surface area contributed by atoms with Crippen LogP contribution in [0.3, 0.4) is 0 Å². The maximum atomic E-state index is 12.0. The average Bonchev–Trinajstić information content (AvgIpc) is 2.70. The van der Waals surface area contributed by atoms with Crippen LogP contribution < -0.4 is 10.6 Å². The van der Waals surface area contributed by atoms with Gasteiger partial charge in [-0.25, -0.2) is 14.6 Å². The fraction of sp³-hybridized carbons (Fsp3) is 0.692. The van der Waals surface area contributed by atoms with E-state index in [1.54, 1.807) is 11.7 Å². The summed E-state index contributed by atoms with van der Waals surface area (Å²) in [6, 6.07) is -0.484. The van der Waals surface area contributed by atoms with Crippen LogP contribution in [-0.2, 0) is 18.4 Å². The summed E-state index contributed by atoms with van der Waals surface area (Å²) < 4.78 is 1.55. The summed E-state index contributed by atoms with van der Waals surface area (Å²) in [7, 11) is 1.73. The third kappa shape index (κ3) is 3.71. The third-order valence-corrected chi connectivity index (χ3v) is 3.93. The number of hydrogen-bond donors (Lipinski definition) is 3. The fourth-order valence-corrected chi connectivity index (χ4v) is 2.63. The third-order valence-electron chi connectivity index (χ3n) is 3.93. The summed E-state index contributed by atoms with van der Waals surface area (Å²) in [4.78, 5) is 27.6. The number of nitrogens with zero attached hydrogens (tertiary/aromatic N) is 3. The molecule has 8 heteroatoms. The topological polar surface area (TPSA) is 109 Å². The Balaban J connectivity index is 1.95. The minimum absolute atomic E-state index is 0.206. The van der Waals surface area contributed by atoms with Gasteiger partial charge in [0.25, 0.3) is 0 Å². The number of carboxylic acids is 1. The molecular formula is C13H21N5O3. The molecule has 21 heavy (non-hydrogen) atoms. The number of urea groups is 1. The van der Waals surface area contributed by atoms with Crippen LogP contribution in [0.15, 0.2) is 6.33 Å². The van der Waals surface area contributed by atoms with E-state index in [1.165, 1.54) is 6.33 Å². The lowest BCUT2D eigenvalue weighted by atomic mass is 9.90. The molecule has 8 nitrogen and oxygen atoms in total. The highest BCUT2D eigenvalue weighted by atomic mass is 16.4. The summed E-state index contributed by atoms with van der Waals surface area (Å²) in [6.07, 6.45) is 6.00. The second kappa shape index (κ2) is 6.55. The summed E-state index contributed by atoms with van der Waals surface area (Å²) in [5.74, 6) is -0.353. The van der Waals surface area contributed by atoms with Gasteiger partial charge in [-0.1, -0.05) is 25.7 Å². The SMILES string of the molecule is Cn1ncnc1CNC(=O)NC1(C(=O)O)CCCCCC1. The van der Waals surface area contributed by atoms with Crippen molar-refractivity contribution in [3.8, 4) is 0 Å². The van der Waals surface area contributed by atoms with Crippen LogP contribution in [0.4, 0.5) is 4.79 Å². The molecule has 1 heterocycles. The Morgan fingerprint density at radius 2 is 2.00 bits per heavy atom. The Morgan fingerprint density at radius 1 is 1.33 bits per heavy atom. The highest BCUT2D eigenvalue weighted by Crippen LogP contribution is 2.27. The van der Waals surface area contributed by atoms with Gasteiger partial charge in [0.1, 0.15) is 17.7 Å². The molecule has 116 valence electrons. The molecule has 0 unspecified atom stereocenters. The Labute approximate surface area is 122 Å². The molecule has 2 rings (SSSR count). The number of nitrogens with one attached hydrogen (secondary N) is 2. The van der Waals surface area contributed by atoms with Crippen LogP contribution in [0.5, 0.6) is 0 Å². The van der Waals surface area contributed by atoms with Gasteiger partial charge < -0.3 is 15.7 Å². The van der Waals surface area contributed by atoms with Crippen molar-refractivity contribution < 1.29 is 14.7 Å². The van der Waals surface area contributed by atoms with E-state index in [1.807, 2.05) is 0 Å². The summed E-state index contributed by atoms with van der Waals surface area (Å²) in [5, 5.41) is 18.7. The molecule has 0 saturated heterocycles. The van der Waals surface area contributed by atoms with Crippen molar-refractivity contribution in [1.82, 2.24) is 25.4 Å². The highest BCUT2D eigenvalue weighted by molar-refractivity contribution is 5.86. The molecule has 1 aliphatic carbocycles. The zero-order valence-corrected chi connectivity index (χ0v) is 12.1. The molecule has 1 aromatic heterocycles. The first-order chi connectivity index (χ1) is 10.0. The molecule has 1 aromatic rings. The number of hydrogen-bond acceptors (Lipinski definition) is 4.